The molecule has 1 atom stereocenters. The van der Waals surface area contributed by atoms with Gasteiger partial charge < -0.3 is 10.2 Å². The quantitative estimate of drug-likeness (QED) is 0.816. The molecule has 2 N–H and O–H groups in total. The number of hydrogen-bond donors (Lipinski definition) is 2. The monoisotopic (exact) mass is 383 g/mol. The number of carbonyl (C=O) groups excluding carboxylic acids is 2. The van der Waals surface area contributed by atoms with Gasteiger partial charge in [-0.3, -0.25) is 9.59 Å². The molecule has 3 rings (SSSR count). The molecular formula is C16H21N3O4S2. The van der Waals surface area contributed by atoms with Gasteiger partial charge in [0, 0.05) is 29.6 Å². The van der Waals surface area contributed by atoms with E-state index in [-0.39, 0.29) is 24.4 Å². The number of anilines is 1. The number of amides is 2. The second kappa shape index (κ2) is 7.35. The summed E-state index contributed by atoms with van der Waals surface area (Å²) in [6.07, 6.45) is 3.76. The maximum atomic E-state index is 12.9. The van der Waals surface area contributed by atoms with Gasteiger partial charge in [0.1, 0.15) is 0 Å². The van der Waals surface area contributed by atoms with Gasteiger partial charge >= 0.3 is 0 Å². The first kappa shape index (κ1) is 18.2. The number of hydrogen-bond acceptors (Lipinski definition) is 5. The molecule has 25 heavy (non-hydrogen) atoms. The second-order valence-corrected chi connectivity index (χ2v) is 9.17. The fourth-order valence-corrected chi connectivity index (χ4v) is 4.39. The van der Waals surface area contributed by atoms with Gasteiger partial charge in [-0.1, -0.05) is 0 Å². The molecular weight excluding hydrogens is 362 g/mol. The summed E-state index contributed by atoms with van der Waals surface area (Å²) in [6.45, 7) is 0.829. The number of likely N-dealkylation sites (tertiary alicyclic amines) is 1. The summed E-state index contributed by atoms with van der Waals surface area (Å²) in [6, 6.07) is 5.16. The van der Waals surface area contributed by atoms with Crippen molar-refractivity contribution in [2.45, 2.75) is 30.2 Å². The average Bonchev–Trinajstić information content (AvgIpc) is 2.58. The zero-order chi connectivity index (χ0) is 18.0. The molecule has 9 heteroatoms. The van der Waals surface area contributed by atoms with Crippen LogP contribution in [0.4, 0.5) is 5.69 Å². The maximum Gasteiger partial charge on any atom is 0.254 e. The Labute approximate surface area is 151 Å². The molecule has 0 saturated carbocycles. The van der Waals surface area contributed by atoms with Crippen LogP contribution in [0, 0.1) is 0 Å². The number of rotatable bonds is 4. The topological polar surface area (TPSA) is 95.6 Å². The molecule has 2 aliphatic heterocycles. The molecule has 0 spiro atoms. The van der Waals surface area contributed by atoms with Crippen molar-refractivity contribution in [1.82, 2.24) is 9.62 Å². The van der Waals surface area contributed by atoms with E-state index in [1.54, 1.807) is 17.0 Å². The van der Waals surface area contributed by atoms with Crippen molar-refractivity contribution in [3.05, 3.63) is 23.8 Å². The van der Waals surface area contributed by atoms with E-state index in [1.807, 2.05) is 6.07 Å². The highest BCUT2D eigenvalue weighted by Crippen LogP contribution is 2.32. The number of nitrogens with zero attached hydrogens (tertiary/aromatic N) is 1. The standard InChI is InChI=1S/C16H21N3O4S2/c1-25(22,23)17-9-12-4-2-3-7-19(12)16(21)11-5-6-14-13(8-11)18-15(20)10-24-14/h5-6,8,12,17H,2-4,7,9-10H2,1H3,(H,18,20). The zero-order valence-electron chi connectivity index (χ0n) is 13.9. The van der Waals surface area contributed by atoms with Crippen LogP contribution in [0.15, 0.2) is 23.1 Å². The average molecular weight is 383 g/mol. The van der Waals surface area contributed by atoms with Crippen molar-refractivity contribution in [3.63, 3.8) is 0 Å². The summed E-state index contributed by atoms with van der Waals surface area (Å²) in [7, 11) is -3.29. The van der Waals surface area contributed by atoms with E-state index in [1.165, 1.54) is 11.8 Å². The zero-order valence-corrected chi connectivity index (χ0v) is 15.6. The lowest BCUT2D eigenvalue weighted by Crippen LogP contribution is -2.49. The summed E-state index contributed by atoms with van der Waals surface area (Å²) in [5.74, 6) is 0.175. The van der Waals surface area contributed by atoms with Crippen LogP contribution >= 0.6 is 11.8 Å². The fourth-order valence-electron chi connectivity index (χ4n) is 3.11. The van der Waals surface area contributed by atoms with Gasteiger partial charge in [0.05, 0.1) is 17.7 Å². The summed E-state index contributed by atoms with van der Waals surface area (Å²) in [4.78, 5) is 27.2. The van der Waals surface area contributed by atoms with Crippen LogP contribution in [0.3, 0.4) is 0 Å². The van der Waals surface area contributed by atoms with E-state index in [0.29, 0.717) is 23.5 Å². The van der Waals surface area contributed by atoms with Crippen molar-refractivity contribution in [2.75, 3.05) is 30.4 Å². The number of carbonyl (C=O) groups is 2. The molecule has 1 unspecified atom stereocenters. The van der Waals surface area contributed by atoms with Gasteiger partial charge in [0.25, 0.3) is 5.91 Å². The Morgan fingerprint density at radius 3 is 2.96 bits per heavy atom. The second-order valence-electron chi connectivity index (χ2n) is 6.32. The lowest BCUT2D eigenvalue weighted by molar-refractivity contribution is -0.113. The molecule has 0 radical (unpaired) electrons. The predicted molar refractivity (Wildman–Crippen MR) is 97.3 cm³/mol. The Balaban J connectivity index is 1.78. The lowest BCUT2D eigenvalue weighted by atomic mass is 10.0. The fraction of sp³-hybridized carbons (Fsp3) is 0.500. The van der Waals surface area contributed by atoms with Gasteiger partial charge in [-0.05, 0) is 37.5 Å². The normalized spacial score (nSPS) is 20.8. The maximum absolute atomic E-state index is 12.9. The molecule has 2 aliphatic rings. The minimum Gasteiger partial charge on any atom is -0.334 e. The van der Waals surface area contributed by atoms with Crippen LogP contribution in [0.5, 0.6) is 0 Å². The van der Waals surface area contributed by atoms with Crippen molar-refractivity contribution in [3.8, 4) is 0 Å². The third kappa shape index (κ3) is 4.53. The molecule has 136 valence electrons. The number of benzene rings is 1. The first-order valence-electron chi connectivity index (χ1n) is 8.16. The number of nitrogens with one attached hydrogen (secondary N) is 2. The number of fused-ring (bicyclic) bond motifs is 1. The van der Waals surface area contributed by atoms with Gasteiger partial charge in [-0.15, -0.1) is 11.8 Å². The van der Waals surface area contributed by atoms with Gasteiger partial charge in [-0.25, -0.2) is 13.1 Å². The van der Waals surface area contributed by atoms with Crippen LogP contribution in [0.1, 0.15) is 29.6 Å². The molecule has 1 aromatic carbocycles. The molecule has 0 aliphatic carbocycles. The van der Waals surface area contributed by atoms with E-state index in [4.69, 9.17) is 0 Å². The lowest BCUT2D eigenvalue weighted by Gasteiger charge is -2.36. The molecule has 1 aromatic rings. The molecule has 0 aromatic heterocycles. The Morgan fingerprint density at radius 2 is 2.20 bits per heavy atom. The molecule has 1 saturated heterocycles. The van der Waals surface area contributed by atoms with Crippen molar-refractivity contribution >= 4 is 39.3 Å². The first-order chi connectivity index (χ1) is 11.8. The van der Waals surface area contributed by atoms with Crippen LogP contribution < -0.4 is 10.0 Å². The van der Waals surface area contributed by atoms with Gasteiger partial charge in [0.15, 0.2) is 0 Å². The molecule has 2 heterocycles. The van der Waals surface area contributed by atoms with Gasteiger partial charge in [0.2, 0.25) is 15.9 Å². The van der Waals surface area contributed by atoms with Crippen LogP contribution in [0.25, 0.3) is 0 Å². The summed E-state index contributed by atoms with van der Waals surface area (Å²) in [5, 5.41) is 2.79. The van der Waals surface area contributed by atoms with Gasteiger partial charge in [-0.2, -0.15) is 0 Å². The third-order valence-electron chi connectivity index (χ3n) is 4.33. The van der Waals surface area contributed by atoms with E-state index in [2.05, 4.69) is 10.0 Å². The van der Waals surface area contributed by atoms with Crippen molar-refractivity contribution < 1.29 is 18.0 Å². The molecule has 0 bridgehead atoms. The smallest absolute Gasteiger partial charge is 0.254 e. The van der Waals surface area contributed by atoms with E-state index < -0.39 is 10.0 Å². The Bertz CT molecular complexity index is 795. The number of piperidine rings is 1. The van der Waals surface area contributed by atoms with Crippen LogP contribution in [-0.2, 0) is 14.8 Å². The van der Waals surface area contributed by atoms with Crippen LogP contribution in [0.2, 0.25) is 0 Å². The van der Waals surface area contributed by atoms with E-state index in [0.717, 1.165) is 30.4 Å². The minimum atomic E-state index is -3.29. The highest BCUT2D eigenvalue weighted by molar-refractivity contribution is 8.00. The Hall–Kier alpha value is -1.58. The Morgan fingerprint density at radius 1 is 1.40 bits per heavy atom. The first-order valence-corrected chi connectivity index (χ1v) is 11.0. The Kier molecular flexibility index (Phi) is 5.35. The highest BCUT2D eigenvalue weighted by Gasteiger charge is 2.29. The minimum absolute atomic E-state index is 0.0738. The molecule has 1 fully saturated rings. The van der Waals surface area contributed by atoms with E-state index >= 15 is 0 Å². The van der Waals surface area contributed by atoms with E-state index in [9.17, 15) is 18.0 Å². The van der Waals surface area contributed by atoms with Crippen molar-refractivity contribution in [2.24, 2.45) is 0 Å². The number of sulfonamides is 1. The SMILES string of the molecule is CS(=O)(=O)NCC1CCCCN1C(=O)c1ccc2c(c1)NC(=O)CS2. The summed E-state index contributed by atoms with van der Waals surface area (Å²) >= 11 is 1.45. The number of thioether (sulfide) groups is 1. The summed E-state index contributed by atoms with van der Waals surface area (Å²) < 4.78 is 25.2. The molecule has 7 nitrogen and oxygen atoms in total. The third-order valence-corrected chi connectivity index (χ3v) is 6.09. The highest BCUT2D eigenvalue weighted by atomic mass is 32.2. The largest absolute Gasteiger partial charge is 0.334 e. The van der Waals surface area contributed by atoms with Crippen molar-refractivity contribution in [1.29, 1.82) is 0 Å². The molecule has 2 amide bonds. The summed E-state index contributed by atoms with van der Waals surface area (Å²) in [5.41, 5.74) is 1.17. The predicted octanol–water partition coefficient (Wildman–Crippen LogP) is 1.27. The van der Waals surface area contributed by atoms with Crippen LogP contribution in [-0.4, -0.2) is 56.3 Å².